The highest BCUT2D eigenvalue weighted by Gasteiger charge is 2.30. The zero-order valence-corrected chi connectivity index (χ0v) is 18.1. The van der Waals surface area contributed by atoms with Gasteiger partial charge in [-0.1, -0.05) is 35.9 Å². The quantitative estimate of drug-likeness (QED) is 0.216. The summed E-state index contributed by atoms with van der Waals surface area (Å²) in [6, 6.07) is 12.0. The van der Waals surface area contributed by atoms with Crippen molar-refractivity contribution in [1.82, 2.24) is 10.6 Å². The van der Waals surface area contributed by atoms with E-state index in [1.807, 2.05) is 0 Å². The Morgan fingerprint density at radius 2 is 1.69 bits per heavy atom. The van der Waals surface area contributed by atoms with Crippen molar-refractivity contribution in [3.8, 4) is 5.75 Å². The molecule has 0 saturated heterocycles. The summed E-state index contributed by atoms with van der Waals surface area (Å²) in [5, 5.41) is 5.88. The van der Waals surface area contributed by atoms with E-state index in [2.05, 4.69) is 20.4 Å². The van der Waals surface area contributed by atoms with Crippen molar-refractivity contribution in [3.63, 3.8) is 0 Å². The summed E-state index contributed by atoms with van der Waals surface area (Å²) < 4.78 is 40.1. The molecule has 4 N–H and O–H groups in total. The first-order valence-corrected chi connectivity index (χ1v) is 8.53. The van der Waals surface area contributed by atoms with Crippen LogP contribution in [0, 0.1) is 0 Å². The number of hydrogen-bond donors (Lipinski definition) is 3. The number of carbonyl (C=O) groups is 1. The second kappa shape index (κ2) is 11.7. The van der Waals surface area contributed by atoms with Gasteiger partial charge >= 0.3 is 6.36 Å². The van der Waals surface area contributed by atoms with Crippen molar-refractivity contribution in [3.05, 3.63) is 64.7 Å². The lowest BCUT2D eigenvalue weighted by atomic mass is 10.2. The van der Waals surface area contributed by atoms with Crippen LogP contribution >= 0.6 is 35.6 Å². The Bertz CT molecular complexity index is 833. The minimum Gasteiger partial charge on any atom is -0.406 e. The Labute approximate surface area is 187 Å². The minimum atomic E-state index is -4.73. The highest BCUT2D eigenvalue weighted by atomic mass is 127. The second-order valence-electron chi connectivity index (χ2n) is 5.56. The number of benzene rings is 2. The lowest BCUT2D eigenvalue weighted by Crippen LogP contribution is -2.38. The third-order valence-corrected chi connectivity index (χ3v) is 3.75. The number of nitrogens with one attached hydrogen (secondary N) is 2. The molecule has 0 aliphatic heterocycles. The van der Waals surface area contributed by atoms with Crippen LogP contribution in [-0.4, -0.2) is 31.3 Å². The molecule has 2 rings (SSSR count). The fraction of sp³-hybridized carbons (Fsp3) is 0.222. The number of carbonyl (C=O) groups excluding carboxylic acids is 1. The first-order valence-electron chi connectivity index (χ1n) is 8.16. The van der Waals surface area contributed by atoms with Crippen LogP contribution in [0.25, 0.3) is 0 Å². The molecule has 0 aromatic heterocycles. The molecule has 0 atom stereocenters. The van der Waals surface area contributed by atoms with Gasteiger partial charge in [-0.15, -0.1) is 37.1 Å². The molecule has 0 bridgehead atoms. The standard InChI is InChI=1S/C18H18ClF3N4O2.HI/c19-15-4-2-1-3-14(15)16(27)24-9-10-25-17(23)26-11-12-5-7-13(8-6-12)28-18(20,21)22;/h1-8H,9-11H2,(H,24,27)(H3,23,25,26);1H. The topological polar surface area (TPSA) is 88.7 Å². The molecule has 2 aromatic carbocycles. The largest absolute Gasteiger partial charge is 0.573 e. The zero-order valence-electron chi connectivity index (χ0n) is 15.0. The van der Waals surface area contributed by atoms with Gasteiger partial charge in [0, 0.05) is 13.1 Å². The molecule has 2 aromatic rings. The van der Waals surface area contributed by atoms with E-state index in [0.29, 0.717) is 29.2 Å². The Hall–Kier alpha value is -2.21. The molecule has 0 spiro atoms. The Balaban J connectivity index is 0.00000420. The summed E-state index contributed by atoms with van der Waals surface area (Å²) in [6.45, 7) is 0.810. The van der Waals surface area contributed by atoms with Gasteiger partial charge in [0.2, 0.25) is 0 Å². The van der Waals surface area contributed by atoms with Gasteiger partial charge in [0.05, 0.1) is 17.1 Å². The number of aliphatic imine (C=N–C) groups is 1. The Morgan fingerprint density at radius 3 is 2.31 bits per heavy atom. The molecular weight excluding hydrogens is 524 g/mol. The van der Waals surface area contributed by atoms with Gasteiger partial charge in [0.15, 0.2) is 5.96 Å². The molecule has 0 aliphatic carbocycles. The van der Waals surface area contributed by atoms with Crippen molar-refractivity contribution in [2.45, 2.75) is 12.9 Å². The molecule has 29 heavy (non-hydrogen) atoms. The van der Waals surface area contributed by atoms with Crippen molar-refractivity contribution < 1.29 is 22.7 Å². The van der Waals surface area contributed by atoms with E-state index in [9.17, 15) is 18.0 Å². The predicted octanol–water partition coefficient (Wildman–Crippen LogP) is 3.69. The molecular formula is C18H19ClF3IN4O2. The minimum absolute atomic E-state index is 0. The average molecular weight is 543 g/mol. The summed E-state index contributed by atoms with van der Waals surface area (Å²) in [5.74, 6) is -0.465. The third-order valence-electron chi connectivity index (χ3n) is 3.42. The number of amides is 1. The highest BCUT2D eigenvalue weighted by molar-refractivity contribution is 14.0. The summed E-state index contributed by atoms with van der Waals surface area (Å²) in [7, 11) is 0. The van der Waals surface area contributed by atoms with E-state index in [-0.39, 0.29) is 48.1 Å². The molecule has 158 valence electrons. The Kier molecular flexibility index (Phi) is 10.0. The first-order chi connectivity index (χ1) is 13.2. The van der Waals surface area contributed by atoms with Crippen molar-refractivity contribution in [2.75, 3.05) is 13.1 Å². The maximum atomic E-state index is 12.1. The van der Waals surface area contributed by atoms with Crippen LogP contribution in [0.3, 0.4) is 0 Å². The molecule has 0 radical (unpaired) electrons. The number of halogens is 5. The third kappa shape index (κ3) is 9.22. The monoisotopic (exact) mass is 542 g/mol. The first kappa shape index (κ1) is 24.8. The number of nitrogens with two attached hydrogens (primary N) is 1. The molecule has 11 heteroatoms. The van der Waals surface area contributed by atoms with Crippen LogP contribution in [-0.2, 0) is 6.54 Å². The van der Waals surface area contributed by atoms with Crippen molar-refractivity contribution in [2.24, 2.45) is 10.7 Å². The number of alkyl halides is 3. The zero-order chi connectivity index (χ0) is 20.6. The molecule has 0 aliphatic rings. The molecule has 1 amide bonds. The van der Waals surface area contributed by atoms with E-state index in [1.54, 1.807) is 24.3 Å². The van der Waals surface area contributed by atoms with Crippen LogP contribution in [0.15, 0.2) is 53.5 Å². The van der Waals surface area contributed by atoms with Gasteiger partial charge in [-0.3, -0.25) is 4.79 Å². The summed E-state index contributed by atoms with van der Waals surface area (Å²) in [4.78, 5) is 16.0. The van der Waals surface area contributed by atoms with Crippen LogP contribution in [0.1, 0.15) is 15.9 Å². The maximum Gasteiger partial charge on any atom is 0.573 e. The maximum absolute atomic E-state index is 12.1. The normalized spacial score (nSPS) is 11.4. The Morgan fingerprint density at radius 1 is 1.07 bits per heavy atom. The average Bonchev–Trinajstić information content (AvgIpc) is 2.63. The van der Waals surface area contributed by atoms with Crippen LogP contribution in [0.5, 0.6) is 5.75 Å². The lowest BCUT2D eigenvalue weighted by molar-refractivity contribution is -0.274. The molecule has 0 heterocycles. The van der Waals surface area contributed by atoms with E-state index in [0.717, 1.165) is 0 Å². The molecule has 0 unspecified atom stereocenters. The van der Waals surface area contributed by atoms with Gasteiger partial charge < -0.3 is 21.1 Å². The molecule has 0 saturated carbocycles. The van der Waals surface area contributed by atoms with Gasteiger partial charge in [-0.25, -0.2) is 4.99 Å². The SMILES string of the molecule is I.NC(=NCc1ccc(OC(F)(F)F)cc1)NCCNC(=O)c1ccccc1Cl. The summed E-state index contributed by atoms with van der Waals surface area (Å²) in [6.07, 6.45) is -4.73. The van der Waals surface area contributed by atoms with Crippen LogP contribution in [0.4, 0.5) is 13.2 Å². The van der Waals surface area contributed by atoms with Crippen molar-refractivity contribution >= 4 is 47.4 Å². The second-order valence-corrected chi connectivity index (χ2v) is 5.96. The molecule has 0 fully saturated rings. The van der Waals surface area contributed by atoms with E-state index < -0.39 is 6.36 Å². The summed E-state index contributed by atoms with van der Waals surface area (Å²) in [5.41, 5.74) is 6.76. The van der Waals surface area contributed by atoms with Crippen molar-refractivity contribution in [1.29, 1.82) is 0 Å². The number of nitrogens with zero attached hydrogens (tertiary/aromatic N) is 1. The smallest absolute Gasteiger partial charge is 0.406 e. The van der Waals surface area contributed by atoms with Gasteiger partial charge in [0.1, 0.15) is 5.75 Å². The van der Waals surface area contributed by atoms with E-state index in [1.165, 1.54) is 24.3 Å². The number of hydrogen-bond acceptors (Lipinski definition) is 3. The van der Waals surface area contributed by atoms with Crippen LogP contribution < -0.4 is 21.1 Å². The fourth-order valence-corrected chi connectivity index (χ4v) is 2.36. The lowest BCUT2D eigenvalue weighted by Gasteiger charge is -2.09. The summed E-state index contributed by atoms with van der Waals surface area (Å²) >= 11 is 5.94. The van der Waals surface area contributed by atoms with E-state index >= 15 is 0 Å². The van der Waals surface area contributed by atoms with Gasteiger partial charge in [0.25, 0.3) is 5.91 Å². The van der Waals surface area contributed by atoms with Gasteiger partial charge in [-0.2, -0.15) is 0 Å². The highest BCUT2D eigenvalue weighted by Crippen LogP contribution is 2.22. The van der Waals surface area contributed by atoms with Gasteiger partial charge in [-0.05, 0) is 29.8 Å². The number of ether oxygens (including phenoxy) is 1. The fourth-order valence-electron chi connectivity index (χ4n) is 2.14. The number of rotatable bonds is 7. The number of guanidine groups is 1. The van der Waals surface area contributed by atoms with E-state index in [4.69, 9.17) is 17.3 Å². The predicted molar refractivity (Wildman–Crippen MR) is 116 cm³/mol. The van der Waals surface area contributed by atoms with Crippen LogP contribution in [0.2, 0.25) is 5.02 Å². The molecule has 6 nitrogen and oxygen atoms in total.